The first kappa shape index (κ1) is 6.89. The molecule has 1 unspecified atom stereocenters. The fourth-order valence-corrected chi connectivity index (χ4v) is 1.84. The second kappa shape index (κ2) is 2.36. The summed E-state index contributed by atoms with van der Waals surface area (Å²) in [6.07, 6.45) is 3.82. The molecule has 0 N–H and O–H groups in total. The van der Waals surface area contributed by atoms with E-state index in [1.165, 1.54) is 25.0 Å². The second-order valence-electron chi connectivity index (χ2n) is 3.46. The Morgan fingerprint density at radius 2 is 2.45 bits per heavy atom. The minimum atomic E-state index is 0.618. The molecule has 0 spiro atoms. The molecular weight excluding hydrogens is 136 g/mol. The van der Waals surface area contributed by atoms with Crippen LogP contribution in [0.15, 0.2) is 6.07 Å². The maximum Gasteiger partial charge on any atom is 0.0596 e. The van der Waals surface area contributed by atoms with E-state index in [9.17, 15) is 0 Å². The van der Waals surface area contributed by atoms with Gasteiger partial charge in [0.2, 0.25) is 0 Å². The minimum absolute atomic E-state index is 0.618. The van der Waals surface area contributed by atoms with Crippen LogP contribution in [0.25, 0.3) is 0 Å². The summed E-state index contributed by atoms with van der Waals surface area (Å²) in [6.45, 7) is 4.31. The van der Waals surface area contributed by atoms with E-state index in [2.05, 4.69) is 29.7 Å². The van der Waals surface area contributed by atoms with Crippen molar-refractivity contribution in [3.8, 4) is 0 Å². The number of aryl methyl sites for hydroxylation is 2. The third-order valence-corrected chi connectivity index (χ3v) is 2.41. The van der Waals surface area contributed by atoms with Gasteiger partial charge in [0.05, 0.1) is 5.69 Å². The van der Waals surface area contributed by atoms with E-state index in [0.29, 0.717) is 6.04 Å². The average molecular weight is 150 g/mol. The van der Waals surface area contributed by atoms with E-state index < -0.39 is 0 Å². The number of hydrogen-bond donors (Lipinski definition) is 0. The van der Waals surface area contributed by atoms with Crippen molar-refractivity contribution in [3.63, 3.8) is 0 Å². The molecule has 0 saturated heterocycles. The van der Waals surface area contributed by atoms with E-state index in [4.69, 9.17) is 0 Å². The SMILES string of the molecule is Cc1cc2n(n1)C(C)CCC2. The monoisotopic (exact) mass is 150 g/mol. The number of rotatable bonds is 0. The molecule has 1 aromatic heterocycles. The van der Waals surface area contributed by atoms with E-state index in [-0.39, 0.29) is 0 Å². The van der Waals surface area contributed by atoms with Crippen LogP contribution in [0.1, 0.15) is 37.2 Å². The van der Waals surface area contributed by atoms with Crippen molar-refractivity contribution in [3.05, 3.63) is 17.5 Å². The Morgan fingerprint density at radius 1 is 1.64 bits per heavy atom. The van der Waals surface area contributed by atoms with Crippen LogP contribution in [0.4, 0.5) is 0 Å². The zero-order valence-corrected chi connectivity index (χ0v) is 7.17. The smallest absolute Gasteiger partial charge is 0.0596 e. The number of aromatic nitrogens is 2. The van der Waals surface area contributed by atoms with Gasteiger partial charge in [0.15, 0.2) is 0 Å². The molecule has 2 heterocycles. The predicted octanol–water partition coefficient (Wildman–Crippen LogP) is 2.09. The first-order valence-electron chi connectivity index (χ1n) is 4.32. The molecule has 0 radical (unpaired) electrons. The molecule has 1 aliphatic heterocycles. The zero-order valence-electron chi connectivity index (χ0n) is 7.17. The van der Waals surface area contributed by atoms with E-state index in [1.54, 1.807) is 0 Å². The molecule has 1 aliphatic rings. The molecule has 0 bridgehead atoms. The van der Waals surface area contributed by atoms with Crippen LogP contribution in [0.2, 0.25) is 0 Å². The summed E-state index contributed by atoms with van der Waals surface area (Å²) < 4.78 is 2.18. The zero-order chi connectivity index (χ0) is 7.84. The molecule has 0 aliphatic carbocycles. The quantitative estimate of drug-likeness (QED) is 0.553. The Hall–Kier alpha value is -0.790. The molecule has 1 atom stereocenters. The fourth-order valence-electron chi connectivity index (χ4n) is 1.84. The van der Waals surface area contributed by atoms with Crippen molar-refractivity contribution < 1.29 is 0 Å². The third kappa shape index (κ3) is 1.06. The van der Waals surface area contributed by atoms with Gasteiger partial charge in [-0.1, -0.05) is 0 Å². The van der Waals surface area contributed by atoms with Crippen molar-refractivity contribution in [2.45, 2.75) is 39.2 Å². The van der Waals surface area contributed by atoms with Gasteiger partial charge in [0, 0.05) is 11.7 Å². The lowest BCUT2D eigenvalue weighted by molar-refractivity contribution is 0.392. The summed E-state index contributed by atoms with van der Waals surface area (Å²) in [5.41, 5.74) is 2.58. The van der Waals surface area contributed by atoms with Gasteiger partial charge < -0.3 is 0 Å². The summed E-state index contributed by atoms with van der Waals surface area (Å²) in [6, 6.07) is 2.82. The lowest BCUT2D eigenvalue weighted by Crippen LogP contribution is -2.15. The normalized spacial score (nSPS) is 23.3. The molecule has 2 nitrogen and oxygen atoms in total. The van der Waals surface area contributed by atoms with E-state index in [0.717, 1.165) is 5.69 Å². The average Bonchev–Trinajstić information content (AvgIpc) is 2.31. The summed E-state index contributed by atoms with van der Waals surface area (Å²) >= 11 is 0. The molecule has 1 aromatic rings. The van der Waals surface area contributed by atoms with Crippen LogP contribution in [-0.4, -0.2) is 9.78 Å². The van der Waals surface area contributed by atoms with E-state index in [1.807, 2.05) is 0 Å². The highest BCUT2D eigenvalue weighted by molar-refractivity contribution is 5.11. The Bertz CT molecular complexity index is 263. The standard InChI is InChI=1S/C9H14N2/c1-7-6-9-5-3-4-8(2)11(9)10-7/h6,8H,3-5H2,1-2H3. The minimum Gasteiger partial charge on any atom is -0.267 e. The van der Waals surface area contributed by atoms with Gasteiger partial charge >= 0.3 is 0 Å². The van der Waals surface area contributed by atoms with Gasteiger partial charge in [0.1, 0.15) is 0 Å². The number of nitrogens with zero attached hydrogens (tertiary/aromatic N) is 2. The topological polar surface area (TPSA) is 17.8 Å². The molecule has 0 saturated carbocycles. The first-order valence-corrected chi connectivity index (χ1v) is 4.32. The van der Waals surface area contributed by atoms with E-state index >= 15 is 0 Å². The second-order valence-corrected chi connectivity index (χ2v) is 3.46. The van der Waals surface area contributed by atoms with Crippen LogP contribution in [-0.2, 0) is 6.42 Å². The van der Waals surface area contributed by atoms with Gasteiger partial charge in [-0.25, -0.2) is 0 Å². The lowest BCUT2D eigenvalue weighted by atomic mass is 10.0. The molecule has 60 valence electrons. The number of hydrogen-bond acceptors (Lipinski definition) is 1. The van der Waals surface area contributed by atoms with Crippen molar-refractivity contribution in [2.24, 2.45) is 0 Å². The maximum atomic E-state index is 4.45. The lowest BCUT2D eigenvalue weighted by Gasteiger charge is -2.20. The molecular formula is C9H14N2. The fraction of sp³-hybridized carbons (Fsp3) is 0.667. The predicted molar refractivity (Wildman–Crippen MR) is 44.6 cm³/mol. The van der Waals surface area contributed by atoms with Crippen LogP contribution >= 0.6 is 0 Å². The van der Waals surface area contributed by atoms with Crippen molar-refractivity contribution >= 4 is 0 Å². The third-order valence-electron chi connectivity index (χ3n) is 2.41. The summed E-state index contributed by atoms with van der Waals surface area (Å²) in [7, 11) is 0. The summed E-state index contributed by atoms with van der Waals surface area (Å²) in [5.74, 6) is 0. The summed E-state index contributed by atoms with van der Waals surface area (Å²) in [5, 5.41) is 4.45. The molecule has 11 heavy (non-hydrogen) atoms. The van der Waals surface area contributed by atoms with Crippen LogP contribution < -0.4 is 0 Å². The highest BCUT2D eigenvalue weighted by atomic mass is 15.3. The Morgan fingerprint density at radius 3 is 3.18 bits per heavy atom. The molecule has 2 rings (SSSR count). The number of fused-ring (bicyclic) bond motifs is 1. The highest BCUT2D eigenvalue weighted by Gasteiger charge is 2.16. The van der Waals surface area contributed by atoms with Crippen LogP contribution in [0.5, 0.6) is 0 Å². The first-order chi connectivity index (χ1) is 5.27. The van der Waals surface area contributed by atoms with Crippen molar-refractivity contribution in [1.82, 2.24) is 9.78 Å². The molecule has 0 amide bonds. The molecule has 0 fully saturated rings. The van der Waals surface area contributed by atoms with Crippen LogP contribution in [0.3, 0.4) is 0 Å². The largest absolute Gasteiger partial charge is 0.267 e. The Labute approximate surface area is 67.2 Å². The van der Waals surface area contributed by atoms with Gasteiger partial charge in [-0.05, 0) is 39.2 Å². The van der Waals surface area contributed by atoms with Gasteiger partial charge in [-0.3, -0.25) is 4.68 Å². The van der Waals surface area contributed by atoms with Crippen LogP contribution in [0, 0.1) is 6.92 Å². The van der Waals surface area contributed by atoms with Gasteiger partial charge in [-0.15, -0.1) is 0 Å². The Balaban J connectivity index is 2.43. The molecule has 2 heteroatoms. The van der Waals surface area contributed by atoms with Gasteiger partial charge in [0.25, 0.3) is 0 Å². The summed E-state index contributed by atoms with van der Waals surface area (Å²) in [4.78, 5) is 0. The van der Waals surface area contributed by atoms with Crippen molar-refractivity contribution in [1.29, 1.82) is 0 Å². The maximum absolute atomic E-state index is 4.45. The van der Waals surface area contributed by atoms with Crippen molar-refractivity contribution in [2.75, 3.05) is 0 Å². The van der Waals surface area contributed by atoms with Gasteiger partial charge in [-0.2, -0.15) is 5.10 Å². The Kier molecular flexibility index (Phi) is 1.48. The molecule has 0 aromatic carbocycles. The highest BCUT2D eigenvalue weighted by Crippen LogP contribution is 2.23.